The van der Waals surface area contributed by atoms with Gasteiger partial charge in [-0.2, -0.15) is 0 Å². The number of carbonyl (C=O) groups is 5. The Morgan fingerprint density at radius 3 is 2.24 bits per heavy atom. The average Bonchev–Trinajstić information content (AvgIpc) is 3.86. The van der Waals surface area contributed by atoms with Gasteiger partial charge in [-0.3, -0.25) is 19.3 Å². The fourth-order valence-electron chi connectivity index (χ4n) is 6.98. The molecule has 0 aliphatic carbocycles. The van der Waals surface area contributed by atoms with E-state index in [9.17, 15) is 28.4 Å². The number of ether oxygens (including phenoxy) is 2. The summed E-state index contributed by atoms with van der Waals surface area (Å²) >= 11 is 0. The van der Waals surface area contributed by atoms with Crippen molar-refractivity contribution in [2.24, 2.45) is 0 Å². The number of rotatable bonds is 10. The van der Waals surface area contributed by atoms with Gasteiger partial charge in [-0.1, -0.05) is 60.7 Å². The van der Waals surface area contributed by atoms with Crippen molar-refractivity contribution in [2.75, 3.05) is 20.1 Å². The molecule has 3 heterocycles. The molecule has 5 atom stereocenters. The third-order valence-corrected chi connectivity index (χ3v) is 9.82. The van der Waals surface area contributed by atoms with Crippen LogP contribution in [0, 0.1) is 5.82 Å². The summed E-state index contributed by atoms with van der Waals surface area (Å²) in [5, 5.41) is 3.30. The average molecular weight is 698 g/mol. The predicted molar refractivity (Wildman–Crippen MR) is 185 cm³/mol. The molecular weight excluding hydrogens is 657 g/mol. The van der Waals surface area contributed by atoms with E-state index in [4.69, 9.17) is 9.47 Å². The van der Waals surface area contributed by atoms with E-state index in [1.165, 1.54) is 33.0 Å². The van der Waals surface area contributed by atoms with Crippen molar-refractivity contribution in [1.29, 1.82) is 0 Å². The maximum Gasteiger partial charge on any atom is 0.410 e. The standard InChI is InChI=1S/C38H40FN5O7/c1-23(42(3)37(48)50-21-25-10-6-4-7-11-25)35(46)41-33(24(2)45)36(47)43-17-16-32-34(43)30(29-19-40-31-18-27(39)14-15-28(29)31)20-44(32)38(49)51-22-26-12-8-5-9-13-26/h4-15,18-19,23,30,32-34,40H,16-17,20-22H2,1-3H3,(H,41,46)/t23-,30+,32+,33-,34+/m0/s1. The van der Waals surface area contributed by atoms with Crippen LogP contribution in [-0.2, 0) is 37.1 Å². The second-order valence-electron chi connectivity index (χ2n) is 13.0. The first kappa shape index (κ1) is 35.1. The Morgan fingerprint density at radius 2 is 1.59 bits per heavy atom. The lowest BCUT2D eigenvalue weighted by Gasteiger charge is -2.32. The maximum absolute atomic E-state index is 14.3. The van der Waals surface area contributed by atoms with Crippen molar-refractivity contribution in [3.8, 4) is 0 Å². The lowest BCUT2D eigenvalue weighted by molar-refractivity contribution is -0.142. The summed E-state index contributed by atoms with van der Waals surface area (Å²) in [6, 6.07) is 19.1. The van der Waals surface area contributed by atoms with Crippen LogP contribution in [0.2, 0.25) is 0 Å². The molecule has 4 amide bonds. The Hall–Kier alpha value is -5.72. The Morgan fingerprint density at radius 1 is 0.941 bits per heavy atom. The molecule has 51 heavy (non-hydrogen) atoms. The Bertz CT molecular complexity index is 1920. The molecule has 2 aliphatic heterocycles. The van der Waals surface area contributed by atoms with Crippen LogP contribution in [0.15, 0.2) is 85.1 Å². The number of nitrogens with zero attached hydrogens (tertiary/aromatic N) is 3. The highest BCUT2D eigenvalue weighted by atomic mass is 19.1. The zero-order chi connectivity index (χ0) is 36.2. The highest BCUT2D eigenvalue weighted by molar-refractivity contribution is 6.07. The first-order chi connectivity index (χ1) is 24.5. The molecule has 2 aliphatic rings. The Balaban J connectivity index is 1.20. The number of amides is 4. The van der Waals surface area contributed by atoms with Gasteiger partial charge in [0.25, 0.3) is 5.91 Å². The van der Waals surface area contributed by atoms with E-state index < -0.39 is 65.7 Å². The smallest absolute Gasteiger partial charge is 0.410 e. The minimum Gasteiger partial charge on any atom is -0.445 e. The van der Waals surface area contributed by atoms with Gasteiger partial charge in [0.2, 0.25) is 5.91 Å². The van der Waals surface area contributed by atoms with Crippen LogP contribution >= 0.6 is 0 Å². The number of carbonyl (C=O) groups excluding carboxylic acids is 5. The van der Waals surface area contributed by atoms with Crippen molar-refractivity contribution >= 4 is 40.7 Å². The van der Waals surface area contributed by atoms with Crippen LogP contribution in [0.4, 0.5) is 14.0 Å². The number of benzene rings is 3. The molecule has 0 saturated carbocycles. The van der Waals surface area contributed by atoms with Crippen LogP contribution in [0.3, 0.4) is 0 Å². The van der Waals surface area contributed by atoms with Crippen molar-refractivity contribution in [1.82, 2.24) is 25.0 Å². The number of hydrogen-bond donors (Lipinski definition) is 2. The molecule has 13 heteroatoms. The lowest BCUT2D eigenvalue weighted by atomic mass is 9.91. The number of Topliss-reactive ketones (excluding diaryl/α,β-unsaturated/α-hetero) is 1. The van der Waals surface area contributed by atoms with Gasteiger partial charge in [0.05, 0.1) is 12.1 Å². The van der Waals surface area contributed by atoms with E-state index in [0.29, 0.717) is 11.9 Å². The summed E-state index contributed by atoms with van der Waals surface area (Å²) < 4.78 is 25.1. The quantitative estimate of drug-likeness (QED) is 0.228. The number of halogens is 1. The zero-order valence-electron chi connectivity index (χ0n) is 28.6. The molecule has 2 N–H and O–H groups in total. The number of fused-ring (bicyclic) bond motifs is 2. The highest BCUT2D eigenvalue weighted by Gasteiger charge is 2.54. The Kier molecular flexibility index (Phi) is 10.4. The van der Waals surface area contributed by atoms with Crippen LogP contribution < -0.4 is 5.32 Å². The maximum atomic E-state index is 14.3. The zero-order valence-corrected chi connectivity index (χ0v) is 28.6. The Labute approximate surface area is 294 Å². The second kappa shape index (κ2) is 15.0. The lowest BCUT2D eigenvalue weighted by Crippen LogP contribution is -2.57. The normalized spacial score (nSPS) is 19.3. The van der Waals surface area contributed by atoms with Crippen LogP contribution in [0.25, 0.3) is 10.9 Å². The number of ketones is 1. The molecule has 0 unspecified atom stereocenters. The van der Waals surface area contributed by atoms with E-state index in [1.54, 1.807) is 34.2 Å². The SMILES string of the molecule is CC(=O)[C@H](NC(=O)[C@H](C)N(C)C(=O)OCc1ccccc1)C(=O)N1CC[C@@H]2[C@H]1[C@@H](c1c[nH]c3cc(F)ccc13)CN2C(=O)OCc1ccccc1. The van der Waals surface area contributed by atoms with E-state index in [1.807, 2.05) is 48.5 Å². The number of nitrogens with one attached hydrogen (secondary N) is 2. The summed E-state index contributed by atoms with van der Waals surface area (Å²) in [5.74, 6) is -2.76. The summed E-state index contributed by atoms with van der Waals surface area (Å²) in [4.78, 5) is 74.3. The summed E-state index contributed by atoms with van der Waals surface area (Å²) in [6.45, 7) is 3.18. The largest absolute Gasteiger partial charge is 0.445 e. The molecule has 0 radical (unpaired) electrons. The van der Waals surface area contributed by atoms with Crippen molar-refractivity contribution in [3.05, 3.63) is 108 Å². The molecule has 1 aromatic heterocycles. The number of likely N-dealkylation sites (N-methyl/N-ethyl adjacent to an activating group) is 1. The monoisotopic (exact) mass is 697 g/mol. The highest BCUT2D eigenvalue weighted by Crippen LogP contribution is 2.43. The fraction of sp³-hybridized carbons (Fsp3) is 0.342. The number of hydrogen-bond acceptors (Lipinski definition) is 7. The first-order valence-electron chi connectivity index (χ1n) is 16.8. The molecule has 6 rings (SSSR count). The topological polar surface area (TPSA) is 141 Å². The van der Waals surface area contributed by atoms with Crippen LogP contribution in [0.5, 0.6) is 0 Å². The van der Waals surface area contributed by atoms with Gasteiger partial charge < -0.3 is 29.6 Å². The molecular formula is C38H40FN5O7. The van der Waals surface area contributed by atoms with Crippen LogP contribution in [0.1, 0.15) is 42.9 Å². The van der Waals surface area contributed by atoms with Crippen LogP contribution in [-0.4, -0.2) is 93.8 Å². The molecule has 3 aromatic carbocycles. The third kappa shape index (κ3) is 7.42. The summed E-state index contributed by atoms with van der Waals surface area (Å²) in [5.41, 5.74) is 2.95. The van der Waals surface area contributed by atoms with Crippen molar-refractivity contribution in [3.63, 3.8) is 0 Å². The number of H-pyrrole nitrogens is 1. The van der Waals surface area contributed by atoms with E-state index >= 15 is 0 Å². The van der Waals surface area contributed by atoms with E-state index in [2.05, 4.69) is 10.3 Å². The first-order valence-corrected chi connectivity index (χ1v) is 16.8. The number of likely N-dealkylation sites (tertiary alicyclic amines) is 2. The second-order valence-corrected chi connectivity index (χ2v) is 13.0. The minimum atomic E-state index is -1.54. The van der Waals surface area contributed by atoms with Gasteiger partial charge in [-0.15, -0.1) is 0 Å². The van der Waals surface area contributed by atoms with Gasteiger partial charge in [0.1, 0.15) is 25.1 Å². The van der Waals surface area contributed by atoms with E-state index in [0.717, 1.165) is 27.0 Å². The van der Waals surface area contributed by atoms with Gasteiger partial charge in [0.15, 0.2) is 11.8 Å². The van der Waals surface area contributed by atoms with Crippen molar-refractivity contribution < 1.29 is 37.8 Å². The fourth-order valence-corrected chi connectivity index (χ4v) is 6.98. The van der Waals surface area contributed by atoms with Gasteiger partial charge >= 0.3 is 12.2 Å². The third-order valence-electron chi connectivity index (χ3n) is 9.82. The van der Waals surface area contributed by atoms with E-state index in [-0.39, 0.29) is 26.3 Å². The molecule has 2 fully saturated rings. The summed E-state index contributed by atoms with van der Waals surface area (Å²) in [6.07, 6.45) is 0.879. The van der Waals surface area contributed by atoms with Gasteiger partial charge in [-0.05, 0) is 55.2 Å². The molecule has 0 bridgehead atoms. The predicted octanol–water partition coefficient (Wildman–Crippen LogP) is 4.74. The molecule has 12 nitrogen and oxygen atoms in total. The molecule has 2 saturated heterocycles. The van der Waals surface area contributed by atoms with Gasteiger partial charge in [0, 0.05) is 43.2 Å². The summed E-state index contributed by atoms with van der Waals surface area (Å²) in [7, 11) is 1.40. The van der Waals surface area contributed by atoms with Gasteiger partial charge in [-0.25, -0.2) is 14.0 Å². The number of aromatic amines is 1. The molecule has 4 aromatic rings. The molecule has 0 spiro atoms. The minimum absolute atomic E-state index is 0.00771. The van der Waals surface area contributed by atoms with Crippen molar-refractivity contribution in [2.45, 2.75) is 63.6 Å². The number of aromatic nitrogens is 1. The molecule has 266 valence electrons.